The molecule has 1 N–H and O–H groups in total. The van der Waals surface area contributed by atoms with Crippen LogP contribution in [0.15, 0.2) is 30.3 Å². The summed E-state index contributed by atoms with van der Waals surface area (Å²) in [5.74, 6) is 0.291. The first-order valence-electron chi connectivity index (χ1n) is 7.20. The molecule has 0 aliphatic carbocycles. The lowest BCUT2D eigenvalue weighted by Crippen LogP contribution is -3.16. The number of ketones is 1. The average molecular weight is 282 g/mol. The normalized spacial score (nSPS) is 22.6. The Balaban J connectivity index is 0.00000180. The van der Waals surface area contributed by atoms with Crippen LogP contribution in [0.4, 0.5) is 0 Å². The van der Waals surface area contributed by atoms with Gasteiger partial charge in [-0.15, -0.1) is 0 Å². The van der Waals surface area contributed by atoms with E-state index in [1.165, 1.54) is 25.8 Å². The molecule has 1 aromatic rings. The summed E-state index contributed by atoms with van der Waals surface area (Å²) >= 11 is 0. The molecule has 0 aromatic heterocycles. The molecule has 2 rings (SSSR count). The maximum atomic E-state index is 12.0. The third-order valence-corrected chi connectivity index (χ3v) is 4.08. The van der Waals surface area contributed by atoms with Crippen LogP contribution < -0.4 is 17.3 Å². The first-order valence-corrected chi connectivity index (χ1v) is 7.20. The number of carbonyl (C=O) groups is 1. The topological polar surface area (TPSA) is 21.5 Å². The summed E-state index contributed by atoms with van der Waals surface area (Å²) in [7, 11) is 0. The van der Waals surface area contributed by atoms with E-state index in [1.807, 2.05) is 30.3 Å². The van der Waals surface area contributed by atoms with Gasteiger partial charge in [-0.1, -0.05) is 30.3 Å². The molecule has 0 radical (unpaired) electrons. The highest BCUT2D eigenvalue weighted by molar-refractivity contribution is 5.95. The fraction of sp³-hybridized carbons (Fsp3) is 0.562. The first kappa shape index (κ1) is 16.2. The van der Waals surface area contributed by atoms with Crippen LogP contribution in [0.25, 0.3) is 0 Å². The quantitative estimate of drug-likeness (QED) is 0.695. The first-order chi connectivity index (χ1) is 8.77. The van der Waals surface area contributed by atoms with Crippen LogP contribution >= 0.6 is 0 Å². The molecule has 1 fully saturated rings. The highest BCUT2D eigenvalue weighted by atomic mass is 35.5. The number of benzene rings is 1. The van der Waals surface area contributed by atoms with Crippen molar-refractivity contribution in [3.05, 3.63) is 35.9 Å². The molecule has 19 heavy (non-hydrogen) atoms. The number of halogens is 1. The number of piperidine rings is 1. The lowest BCUT2D eigenvalue weighted by Gasteiger charge is -2.30. The molecule has 1 aromatic carbocycles. The van der Waals surface area contributed by atoms with E-state index in [9.17, 15) is 4.79 Å². The molecule has 3 heteroatoms. The largest absolute Gasteiger partial charge is 1.00 e. The molecule has 1 aliphatic rings. The molecular formula is C16H24ClNO. The van der Waals surface area contributed by atoms with Gasteiger partial charge in [0, 0.05) is 18.4 Å². The van der Waals surface area contributed by atoms with Crippen molar-refractivity contribution in [3.8, 4) is 0 Å². The van der Waals surface area contributed by atoms with Crippen molar-refractivity contribution >= 4 is 5.78 Å². The van der Waals surface area contributed by atoms with Gasteiger partial charge in [0.15, 0.2) is 5.78 Å². The van der Waals surface area contributed by atoms with E-state index in [1.54, 1.807) is 4.90 Å². The highest BCUT2D eigenvalue weighted by Crippen LogP contribution is 2.05. The molecule has 0 bridgehead atoms. The zero-order valence-corrected chi connectivity index (χ0v) is 12.5. The van der Waals surface area contributed by atoms with E-state index in [0.29, 0.717) is 12.2 Å². The monoisotopic (exact) mass is 281 g/mol. The summed E-state index contributed by atoms with van der Waals surface area (Å²) < 4.78 is 0. The van der Waals surface area contributed by atoms with Gasteiger partial charge in [-0.05, 0) is 26.2 Å². The number of likely N-dealkylation sites (tertiary alicyclic amines) is 1. The smallest absolute Gasteiger partial charge is 0.163 e. The Morgan fingerprint density at radius 3 is 2.68 bits per heavy atom. The Morgan fingerprint density at radius 1 is 1.26 bits per heavy atom. The van der Waals surface area contributed by atoms with Crippen LogP contribution in [0.2, 0.25) is 0 Å². The molecule has 106 valence electrons. The van der Waals surface area contributed by atoms with Gasteiger partial charge >= 0.3 is 0 Å². The molecule has 0 spiro atoms. The number of carbonyl (C=O) groups excluding carboxylic acids is 1. The number of hydrogen-bond acceptors (Lipinski definition) is 1. The maximum Gasteiger partial charge on any atom is 0.163 e. The van der Waals surface area contributed by atoms with Crippen LogP contribution in [-0.2, 0) is 0 Å². The average Bonchev–Trinajstić information content (AvgIpc) is 2.42. The molecule has 1 saturated heterocycles. The zero-order valence-electron chi connectivity index (χ0n) is 11.7. The second kappa shape index (κ2) is 8.34. The summed E-state index contributed by atoms with van der Waals surface area (Å²) in [5.41, 5.74) is 0.860. The van der Waals surface area contributed by atoms with Gasteiger partial charge in [-0.3, -0.25) is 4.79 Å². The molecule has 1 heterocycles. The van der Waals surface area contributed by atoms with E-state index in [0.717, 1.165) is 24.6 Å². The van der Waals surface area contributed by atoms with E-state index in [-0.39, 0.29) is 12.4 Å². The minimum absolute atomic E-state index is 0. The summed E-state index contributed by atoms with van der Waals surface area (Å²) in [6.45, 7) is 4.79. The Kier molecular flexibility index (Phi) is 7.11. The molecule has 1 aliphatic heterocycles. The molecule has 2 unspecified atom stereocenters. The van der Waals surface area contributed by atoms with Crippen molar-refractivity contribution in [2.24, 2.45) is 0 Å². The number of rotatable bonds is 5. The Hall–Kier alpha value is -0.860. The lowest BCUT2D eigenvalue weighted by molar-refractivity contribution is -0.928. The van der Waals surface area contributed by atoms with E-state index in [2.05, 4.69) is 6.92 Å². The zero-order chi connectivity index (χ0) is 12.8. The van der Waals surface area contributed by atoms with Crippen molar-refractivity contribution in [1.82, 2.24) is 0 Å². The van der Waals surface area contributed by atoms with Crippen LogP contribution in [0.1, 0.15) is 49.4 Å². The van der Waals surface area contributed by atoms with Gasteiger partial charge in [0.05, 0.1) is 19.1 Å². The van der Waals surface area contributed by atoms with E-state index >= 15 is 0 Å². The summed E-state index contributed by atoms with van der Waals surface area (Å²) in [6, 6.07) is 10.4. The molecule has 2 nitrogen and oxygen atoms in total. The predicted molar refractivity (Wildman–Crippen MR) is 74.0 cm³/mol. The lowest BCUT2D eigenvalue weighted by atomic mass is 10.0. The minimum atomic E-state index is 0. The van der Waals surface area contributed by atoms with Crippen molar-refractivity contribution in [3.63, 3.8) is 0 Å². The highest BCUT2D eigenvalue weighted by Gasteiger charge is 2.21. The van der Waals surface area contributed by atoms with Gasteiger partial charge in [0.2, 0.25) is 0 Å². The Morgan fingerprint density at radius 2 is 2.00 bits per heavy atom. The van der Waals surface area contributed by atoms with Crippen LogP contribution in [0.5, 0.6) is 0 Å². The van der Waals surface area contributed by atoms with Crippen molar-refractivity contribution in [2.75, 3.05) is 13.1 Å². The standard InChI is InChI=1S/C16H23NO.ClH/c1-14-8-5-6-12-17(14)13-7-11-16(18)15-9-3-2-4-10-15;/h2-4,9-10,14H,5-8,11-13H2,1H3;1H. The summed E-state index contributed by atoms with van der Waals surface area (Å²) in [4.78, 5) is 13.7. The fourth-order valence-corrected chi connectivity index (χ4v) is 2.87. The second-order valence-electron chi connectivity index (χ2n) is 5.45. The van der Waals surface area contributed by atoms with Gasteiger partial charge in [0.1, 0.15) is 0 Å². The molecule has 0 saturated carbocycles. The van der Waals surface area contributed by atoms with Crippen LogP contribution in [-0.4, -0.2) is 24.9 Å². The number of hydrogen-bond donors (Lipinski definition) is 1. The fourth-order valence-electron chi connectivity index (χ4n) is 2.87. The SMILES string of the molecule is CC1CCCC[NH+]1CCCC(=O)c1ccccc1.[Cl-]. The third kappa shape index (κ3) is 4.96. The maximum absolute atomic E-state index is 12.0. The minimum Gasteiger partial charge on any atom is -1.00 e. The van der Waals surface area contributed by atoms with Gasteiger partial charge < -0.3 is 17.3 Å². The second-order valence-corrected chi connectivity index (χ2v) is 5.45. The van der Waals surface area contributed by atoms with Crippen LogP contribution in [0.3, 0.4) is 0 Å². The molecule has 2 atom stereocenters. The molecule has 0 amide bonds. The van der Waals surface area contributed by atoms with E-state index < -0.39 is 0 Å². The third-order valence-electron chi connectivity index (χ3n) is 4.08. The van der Waals surface area contributed by atoms with Gasteiger partial charge in [-0.2, -0.15) is 0 Å². The van der Waals surface area contributed by atoms with Crippen molar-refractivity contribution < 1.29 is 22.1 Å². The molecular weight excluding hydrogens is 258 g/mol. The summed E-state index contributed by atoms with van der Waals surface area (Å²) in [6.07, 6.45) is 5.80. The van der Waals surface area contributed by atoms with Crippen molar-refractivity contribution in [1.29, 1.82) is 0 Å². The predicted octanol–water partition coefficient (Wildman–Crippen LogP) is -0.889. The van der Waals surface area contributed by atoms with Gasteiger partial charge in [-0.25, -0.2) is 0 Å². The number of Topliss-reactive ketones (excluding diaryl/α,β-unsaturated/α-hetero) is 1. The Bertz CT molecular complexity index is 380. The summed E-state index contributed by atoms with van der Waals surface area (Å²) in [5, 5.41) is 0. The number of quaternary nitrogens is 1. The number of nitrogens with one attached hydrogen (secondary N) is 1. The Labute approximate surface area is 122 Å². The van der Waals surface area contributed by atoms with Crippen LogP contribution in [0, 0.1) is 0 Å². The van der Waals surface area contributed by atoms with Crippen molar-refractivity contribution in [2.45, 2.75) is 45.1 Å². The van der Waals surface area contributed by atoms with E-state index in [4.69, 9.17) is 0 Å². The van der Waals surface area contributed by atoms with Gasteiger partial charge in [0.25, 0.3) is 0 Å².